The summed E-state index contributed by atoms with van der Waals surface area (Å²) in [6.45, 7) is 11.3. The van der Waals surface area contributed by atoms with Gasteiger partial charge in [-0.25, -0.2) is 9.97 Å². The van der Waals surface area contributed by atoms with Gasteiger partial charge in [0.25, 0.3) is 0 Å². The highest BCUT2D eigenvalue weighted by Crippen LogP contribution is 2.30. The highest BCUT2D eigenvalue weighted by molar-refractivity contribution is 5.49. The number of anilines is 1. The van der Waals surface area contributed by atoms with E-state index >= 15 is 0 Å². The van der Waals surface area contributed by atoms with Crippen LogP contribution in [0.25, 0.3) is 0 Å². The monoisotopic (exact) mass is 335 g/mol. The van der Waals surface area contributed by atoms with E-state index in [0.717, 1.165) is 55.6 Å². The molecule has 136 valence electrons. The number of aliphatic hydroxyl groups excluding tert-OH is 1. The number of hydrogen-bond donors (Lipinski definition) is 1. The second kappa shape index (κ2) is 8.23. The third-order valence-corrected chi connectivity index (χ3v) is 5.06. The molecule has 2 atom stereocenters. The van der Waals surface area contributed by atoms with E-state index in [-0.39, 0.29) is 6.61 Å². The standard InChI is InChI=1S/C18H33N5O/c1-13-14(2)19-15(3)20-18(13)23-10-16(17(11-23)12-24)9-22(6)8-7-21(4)5/h16-17,24H,7-12H2,1-6H3/t16-,17-/m1/s1. The van der Waals surface area contributed by atoms with Crippen LogP contribution in [0.15, 0.2) is 0 Å². The maximum atomic E-state index is 9.82. The summed E-state index contributed by atoms with van der Waals surface area (Å²) < 4.78 is 0. The molecule has 1 N–H and O–H groups in total. The molecular formula is C18H33N5O. The number of nitrogens with zero attached hydrogens (tertiary/aromatic N) is 5. The highest BCUT2D eigenvalue weighted by Gasteiger charge is 2.34. The molecule has 24 heavy (non-hydrogen) atoms. The van der Waals surface area contributed by atoms with Crippen LogP contribution >= 0.6 is 0 Å². The molecule has 0 amide bonds. The summed E-state index contributed by atoms with van der Waals surface area (Å²) in [5, 5.41) is 9.82. The number of rotatable bonds is 7. The zero-order chi connectivity index (χ0) is 17.9. The van der Waals surface area contributed by atoms with Crippen molar-refractivity contribution in [3.8, 4) is 0 Å². The molecule has 0 bridgehead atoms. The lowest BCUT2D eigenvalue weighted by molar-refractivity contribution is 0.171. The molecule has 1 saturated heterocycles. The SMILES string of the molecule is Cc1nc(C)c(C)c(N2C[C@@H](CN(C)CCN(C)C)[C@@H](CO)C2)n1. The van der Waals surface area contributed by atoms with Gasteiger partial charge in [-0.05, 0) is 47.8 Å². The van der Waals surface area contributed by atoms with Gasteiger partial charge in [0.2, 0.25) is 0 Å². The van der Waals surface area contributed by atoms with Crippen LogP contribution in [0.1, 0.15) is 17.1 Å². The molecule has 0 aliphatic carbocycles. The van der Waals surface area contributed by atoms with E-state index in [1.54, 1.807) is 0 Å². The molecule has 2 rings (SSSR count). The summed E-state index contributed by atoms with van der Waals surface area (Å²) in [7, 11) is 6.37. The van der Waals surface area contributed by atoms with E-state index in [1.807, 2.05) is 13.8 Å². The minimum atomic E-state index is 0.241. The molecule has 0 spiro atoms. The Bertz CT molecular complexity index is 548. The van der Waals surface area contributed by atoms with Crippen LogP contribution in [0.4, 0.5) is 5.82 Å². The largest absolute Gasteiger partial charge is 0.396 e. The quantitative estimate of drug-likeness (QED) is 0.800. The Kier molecular flexibility index (Phi) is 6.54. The van der Waals surface area contributed by atoms with Crippen molar-refractivity contribution < 1.29 is 5.11 Å². The predicted molar refractivity (Wildman–Crippen MR) is 98.6 cm³/mol. The second-order valence-corrected chi connectivity index (χ2v) is 7.48. The summed E-state index contributed by atoms with van der Waals surface area (Å²) in [5.41, 5.74) is 2.20. The van der Waals surface area contributed by atoms with E-state index in [4.69, 9.17) is 0 Å². The molecule has 2 heterocycles. The van der Waals surface area contributed by atoms with E-state index in [0.29, 0.717) is 11.8 Å². The molecule has 6 heteroatoms. The molecular weight excluding hydrogens is 302 g/mol. The van der Waals surface area contributed by atoms with Crippen molar-refractivity contribution in [3.05, 3.63) is 17.1 Å². The van der Waals surface area contributed by atoms with E-state index in [9.17, 15) is 5.11 Å². The zero-order valence-electron chi connectivity index (χ0n) is 16.1. The molecule has 1 aliphatic heterocycles. The number of likely N-dealkylation sites (N-methyl/N-ethyl adjacent to an activating group) is 2. The van der Waals surface area contributed by atoms with Gasteiger partial charge in [-0.3, -0.25) is 0 Å². The second-order valence-electron chi connectivity index (χ2n) is 7.48. The lowest BCUT2D eigenvalue weighted by Crippen LogP contribution is -2.35. The molecule has 1 aromatic rings. The van der Waals surface area contributed by atoms with Crippen LogP contribution in [0.2, 0.25) is 0 Å². The molecule has 0 radical (unpaired) electrons. The first-order chi connectivity index (χ1) is 11.3. The Morgan fingerprint density at radius 2 is 1.71 bits per heavy atom. The average molecular weight is 335 g/mol. The van der Waals surface area contributed by atoms with E-state index in [2.05, 4.69) is 52.7 Å². The zero-order valence-corrected chi connectivity index (χ0v) is 16.1. The number of aryl methyl sites for hydroxylation is 2. The predicted octanol–water partition coefficient (Wildman–Crippen LogP) is 0.940. The molecule has 6 nitrogen and oxygen atoms in total. The maximum Gasteiger partial charge on any atom is 0.135 e. The van der Waals surface area contributed by atoms with Crippen molar-refractivity contribution in [3.63, 3.8) is 0 Å². The Labute approximate surface area is 146 Å². The third kappa shape index (κ3) is 4.65. The minimum absolute atomic E-state index is 0.241. The first-order valence-corrected chi connectivity index (χ1v) is 8.82. The van der Waals surface area contributed by atoms with Gasteiger partial charge in [0, 0.05) is 56.5 Å². The topological polar surface area (TPSA) is 55.7 Å². The fraction of sp³-hybridized carbons (Fsp3) is 0.778. The van der Waals surface area contributed by atoms with Gasteiger partial charge < -0.3 is 19.8 Å². The molecule has 1 fully saturated rings. The van der Waals surface area contributed by atoms with Crippen molar-refractivity contribution in [1.82, 2.24) is 19.8 Å². The van der Waals surface area contributed by atoms with Gasteiger partial charge in [0.1, 0.15) is 11.6 Å². The van der Waals surface area contributed by atoms with Crippen molar-refractivity contribution in [2.24, 2.45) is 11.8 Å². The van der Waals surface area contributed by atoms with Crippen molar-refractivity contribution in [2.75, 3.05) is 65.4 Å². The summed E-state index contributed by atoms with van der Waals surface area (Å²) >= 11 is 0. The summed E-state index contributed by atoms with van der Waals surface area (Å²) in [4.78, 5) is 16.0. The van der Waals surface area contributed by atoms with Crippen LogP contribution in [0.3, 0.4) is 0 Å². The Balaban J connectivity index is 2.06. The van der Waals surface area contributed by atoms with Gasteiger partial charge in [-0.2, -0.15) is 0 Å². The van der Waals surface area contributed by atoms with Gasteiger partial charge >= 0.3 is 0 Å². The Morgan fingerprint density at radius 3 is 2.33 bits per heavy atom. The van der Waals surface area contributed by atoms with Gasteiger partial charge in [-0.15, -0.1) is 0 Å². The Hall–Kier alpha value is -1.24. The molecule has 0 saturated carbocycles. The van der Waals surface area contributed by atoms with Crippen LogP contribution < -0.4 is 4.90 Å². The summed E-state index contributed by atoms with van der Waals surface area (Å²) in [6, 6.07) is 0. The molecule has 0 aromatic carbocycles. The Morgan fingerprint density at radius 1 is 1.04 bits per heavy atom. The van der Waals surface area contributed by atoms with Crippen LogP contribution in [0, 0.1) is 32.6 Å². The van der Waals surface area contributed by atoms with E-state index < -0.39 is 0 Å². The van der Waals surface area contributed by atoms with Gasteiger partial charge in [0.15, 0.2) is 0 Å². The van der Waals surface area contributed by atoms with Crippen molar-refractivity contribution in [1.29, 1.82) is 0 Å². The fourth-order valence-corrected chi connectivity index (χ4v) is 3.45. The van der Waals surface area contributed by atoms with Gasteiger partial charge in [-0.1, -0.05) is 0 Å². The first-order valence-electron chi connectivity index (χ1n) is 8.82. The van der Waals surface area contributed by atoms with Crippen LogP contribution in [-0.2, 0) is 0 Å². The molecule has 1 aliphatic rings. The van der Waals surface area contributed by atoms with Crippen molar-refractivity contribution in [2.45, 2.75) is 20.8 Å². The highest BCUT2D eigenvalue weighted by atomic mass is 16.3. The smallest absolute Gasteiger partial charge is 0.135 e. The lowest BCUT2D eigenvalue weighted by Gasteiger charge is -2.25. The van der Waals surface area contributed by atoms with Gasteiger partial charge in [0.05, 0.1) is 0 Å². The summed E-state index contributed by atoms with van der Waals surface area (Å²) in [5.74, 6) is 2.64. The number of aromatic nitrogens is 2. The maximum absolute atomic E-state index is 9.82. The number of hydrogen-bond acceptors (Lipinski definition) is 6. The molecule has 1 aromatic heterocycles. The van der Waals surface area contributed by atoms with Crippen LogP contribution in [-0.4, -0.2) is 85.3 Å². The fourth-order valence-electron chi connectivity index (χ4n) is 3.45. The number of aliphatic hydroxyl groups is 1. The normalized spacial score (nSPS) is 21.3. The minimum Gasteiger partial charge on any atom is -0.396 e. The van der Waals surface area contributed by atoms with Crippen LogP contribution in [0.5, 0.6) is 0 Å². The summed E-state index contributed by atoms with van der Waals surface area (Å²) in [6.07, 6.45) is 0. The van der Waals surface area contributed by atoms with E-state index in [1.165, 1.54) is 0 Å². The average Bonchev–Trinajstić information content (AvgIpc) is 2.91. The van der Waals surface area contributed by atoms with Crippen molar-refractivity contribution >= 4 is 5.82 Å². The third-order valence-electron chi connectivity index (χ3n) is 5.06. The lowest BCUT2D eigenvalue weighted by atomic mass is 9.96. The molecule has 0 unspecified atom stereocenters. The first kappa shape index (κ1) is 19.1.